The van der Waals surface area contributed by atoms with Crippen LogP contribution in [-0.4, -0.2) is 4.98 Å². The molecule has 0 amide bonds. The van der Waals surface area contributed by atoms with Crippen molar-refractivity contribution in [3.63, 3.8) is 0 Å². The van der Waals surface area contributed by atoms with Gasteiger partial charge in [-0.15, -0.1) is 11.3 Å². The van der Waals surface area contributed by atoms with E-state index in [1.165, 1.54) is 11.3 Å². The van der Waals surface area contributed by atoms with Crippen molar-refractivity contribution in [1.29, 1.82) is 5.26 Å². The van der Waals surface area contributed by atoms with E-state index < -0.39 is 0 Å². The second-order valence-corrected chi connectivity index (χ2v) is 4.49. The lowest BCUT2D eigenvalue weighted by molar-refractivity contribution is 1.25. The van der Waals surface area contributed by atoms with E-state index in [4.69, 9.17) is 16.9 Å². The highest BCUT2D eigenvalue weighted by Crippen LogP contribution is 2.28. The van der Waals surface area contributed by atoms with E-state index >= 15 is 0 Å². The number of nitrogens with zero attached hydrogens (tertiary/aromatic N) is 2. The molecule has 2 nitrogen and oxygen atoms in total. The number of aryl methyl sites for hydroxylation is 1. The van der Waals surface area contributed by atoms with Crippen molar-refractivity contribution in [2.24, 2.45) is 0 Å². The van der Waals surface area contributed by atoms with Gasteiger partial charge < -0.3 is 0 Å². The zero-order chi connectivity index (χ0) is 10.8. The van der Waals surface area contributed by atoms with E-state index in [1.807, 2.05) is 31.2 Å². The normalized spacial score (nSPS) is 9.93. The molecule has 1 aromatic heterocycles. The monoisotopic (exact) mass is 234 g/mol. The minimum Gasteiger partial charge on any atom is -0.240 e. The highest BCUT2D eigenvalue weighted by molar-refractivity contribution is 7.15. The van der Waals surface area contributed by atoms with Gasteiger partial charge in [0.2, 0.25) is 0 Å². The fraction of sp³-hybridized carbons (Fsp3) is 0.0909. The van der Waals surface area contributed by atoms with E-state index in [2.05, 4.69) is 11.1 Å². The second kappa shape index (κ2) is 4.01. The second-order valence-electron chi connectivity index (χ2n) is 3.05. The summed E-state index contributed by atoms with van der Waals surface area (Å²) >= 11 is 7.20. The highest BCUT2D eigenvalue weighted by Gasteiger charge is 2.08. The summed E-state index contributed by atoms with van der Waals surface area (Å²) in [6, 6.07) is 9.57. The van der Waals surface area contributed by atoms with E-state index in [9.17, 15) is 0 Å². The lowest BCUT2D eigenvalue weighted by Gasteiger charge is -1.94. The lowest BCUT2D eigenvalue weighted by Crippen LogP contribution is -1.76. The van der Waals surface area contributed by atoms with E-state index in [-0.39, 0.29) is 0 Å². The van der Waals surface area contributed by atoms with Gasteiger partial charge in [-0.2, -0.15) is 5.26 Å². The Morgan fingerprint density at radius 1 is 1.33 bits per heavy atom. The number of hydrogen-bond acceptors (Lipinski definition) is 3. The van der Waals surface area contributed by atoms with Crippen LogP contribution in [0.4, 0.5) is 0 Å². The van der Waals surface area contributed by atoms with Gasteiger partial charge in [0.05, 0.1) is 5.69 Å². The molecule has 0 radical (unpaired) electrons. The van der Waals surface area contributed by atoms with Crippen LogP contribution in [0.2, 0.25) is 5.02 Å². The van der Waals surface area contributed by atoms with Crippen LogP contribution in [0.15, 0.2) is 24.3 Å². The summed E-state index contributed by atoms with van der Waals surface area (Å²) in [6.45, 7) is 1.84. The maximum absolute atomic E-state index is 8.82. The first-order valence-electron chi connectivity index (χ1n) is 4.34. The molecule has 2 aromatic rings. The Morgan fingerprint density at radius 2 is 2.00 bits per heavy atom. The molecule has 0 fully saturated rings. The summed E-state index contributed by atoms with van der Waals surface area (Å²) < 4.78 is 0. The van der Waals surface area contributed by atoms with Gasteiger partial charge in [-0.25, -0.2) is 4.98 Å². The van der Waals surface area contributed by atoms with Crippen LogP contribution >= 0.6 is 22.9 Å². The molecule has 2 rings (SSSR count). The molecule has 0 unspecified atom stereocenters. The Labute approximate surface area is 96.8 Å². The number of thiazole rings is 1. The van der Waals surface area contributed by atoms with Crippen molar-refractivity contribution in [1.82, 2.24) is 4.98 Å². The van der Waals surface area contributed by atoms with Crippen molar-refractivity contribution in [2.45, 2.75) is 6.92 Å². The molecule has 0 aliphatic carbocycles. The molecule has 0 aliphatic rings. The third-order valence-corrected chi connectivity index (χ3v) is 3.35. The zero-order valence-corrected chi connectivity index (χ0v) is 9.56. The molecule has 0 atom stereocenters. The van der Waals surface area contributed by atoms with Gasteiger partial charge in [0.25, 0.3) is 0 Å². The van der Waals surface area contributed by atoms with Gasteiger partial charge in [0.15, 0.2) is 0 Å². The third kappa shape index (κ3) is 2.01. The van der Waals surface area contributed by atoms with Gasteiger partial charge in [0.1, 0.15) is 16.0 Å². The standard InChI is InChI=1S/C11H7ClN2S/c1-7-10(6-13)15-11(14-7)8-2-4-9(12)5-3-8/h2-5H,1H3. The molecule has 0 spiro atoms. The molecular weight excluding hydrogens is 228 g/mol. The molecule has 0 saturated heterocycles. The van der Waals surface area contributed by atoms with Crippen LogP contribution < -0.4 is 0 Å². The number of halogens is 1. The molecule has 15 heavy (non-hydrogen) atoms. The Morgan fingerprint density at radius 3 is 2.53 bits per heavy atom. The van der Waals surface area contributed by atoms with E-state index in [1.54, 1.807) is 0 Å². The maximum atomic E-state index is 8.82. The quantitative estimate of drug-likeness (QED) is 0.755. The Kier molecular flexibility index (Phi) is 2.72. The summed E-state index contributed by atoms with van der Waals surface area (Å²) in [7, 11) is 0. The van der Waals surface area contributed by atoms with Crippen LogP contribution in [0.5, 0.6) is 0 Å². The van der Waals surface area contributed by atoms with Crippen molar-refractivity contribution in [3.05, 3.63) is 39.9 Å². The first-order valence-corrected chi connectivity index (χ1v) is 5.53. The first kappa shape index (κ1) is 10.2. The van der Waals surface area contributed by atoms with Crippen molar-refractivity contribution < 1.29 is 0 Å². The summed E-state index contributed by atoms with van der Waals surface area (Å²) in [5, 5.41) is 10.4. The number of rotatable bonds is 1. The average molecular weight is 235 g/mol. The van der Waals surface area contributed by atoms with Gasteiger partial charge in [0, 0.05) is 10.6 Å². The molecular formula is C11H7ClN2S. The van der Waals surface area contributed by atoms with Crippen molar-refractivity contribution >= 4 is 22.9 Å². The van der Waals surface area contributed by atoms with Crippen LogP contribution in [0.3, 0.4) is 0 Å². The fourth-order valence-electron chi connectivity index (χ4n) is 1.22. The van der Waals surface area contributed by atoms with Crippen LogP contribution in [-0.2, 0) is 0 Å². The number of benzene rings is 1. The topological polar surface area (TPSA) is 36.7 Å². The molecule has 0 N–H and O–H groups in total. The minimum absolute atomic E-state index is 0.667. The Balaban J connectivity index is 2.46. The first-order chi connectivity index (χ1) is 7.20. The van der Waals surface area contributed by atoms with Gasteiger partial charge in [-0.3, -0.25) is 0 Å². The predicted molar refractivity (Wildman–Crippen MR) is 62.0 cm³/mol. The van der Waals surface area contributed by atoms with E-state index in [0.29, 0.717) is 9.90 Å². The molecule has 0 aliphatic heterocycles. The number of nitriles is 1. The average Bonchev–Trinajstić information content (AvgIpc) is 2.61. The zero-order valence-electron chi connectivity index (χ0n) is 7.99. The Bertz CT molecular complexity index is 523. The lowest BCUT2D eigenvalue weighted by atomic mass is 10.2. The van der Waals surface area contributed by atoms with Crippen LogP contribution in [0, 0.1) is 18.3 Å². The van der Waals surface area contributed by atoms with Gasteiger partial charge in [-0.05, 0) is 19.1 Å². The van der Waals surface area contributed by atoms with Crippen molar-refractivity contribution in [2.75, 3.05) is 0 Å². The molecule has 1 aromatic carbocycles. The maximum Gasteiger partial charge on any atom is 0.128 e. The third-order valence-electron chi connectivity index (χ3n) is 1.99. The summed E-state index contributed by atoms with van der Waals surface area (Å²) in [6.07, 6.45) is 0. The SMILES string of the molecule is Cc1nc(-c2ccc(Cl)cc2)sc1C#N. The smallest absolute Gasteiger partial charge is 0.128 e. The molecule has 0 saturated carbocycles. The fourth-order valence-corrected chi connectivity index (χ4v) is 2.21. The summed E-state index contributed by atoms with van der Waals surface area (Å²) in [5.74, 6) is 0. The molecule has 74 valence electrons. The minimum atomic E-state index is 0.667. The highest BCUT2D eigenvalue weighted by atomic mass is 35.5. The van der Waals surface area contributed by atoms with Crippen LogP contribution in [0.1, 0.15) is 10.6 Å². The molecule has 4 heteroatoms. The van der Waals surface area contributed by atoms with E-state index in [0.717, 1.165) is 16.3 Å². The van der Waals surface area contributed by atoms with Gasteiger partial charge in [-0.1, -0.05) is 23.7 Å². The van der Waals surface area contributed by atoms with Crippen molar-refractivity contribution in [3.8, 4) is 16.6 Å². The Hall–Kier alpha value is -1.37. The number of aromatic nitrogens is 1. The summed E-state index contributed by atoms with van der Waals surface area (Å²) in [4.78, 5) is 5.00. The molecule has 0 bridgehead atoms. The largest absolute Gasteiger partial charge is 0.240 e. The molecule has 1 heterocycles. The predicted octanol–water partition coefficient (Wildman–Crippen LogP) is 3.64. The van der Waals surface area contributed by atoms with Gasteiger partial charge >= 0.3 is 0 Å². The summed E-state index contributed by atoms with van der Waals surface area (Å²) in [5.41, 5.74) is 1.78. The van der Waals surface area contributed by atoms with Crippen LogP contribution in [0.25, 0.3) is 10.6 Å². The number of hydrogen-bond donors (Lipinski definition) is 0.